The minimum atomic E-state index is -4.14. The van der Waals surface area contributed by atoms with Crippen LogP contribution in [0.4, 0.5) is 0 Å². The summed E-state index contributed by atoms with van der Waals surface area (Å²) in [5.74, 6) is 0. The van der Waals surface area contributed by atoms with E-state index in [0.29, 0.717) is 17.7 Å². The van der Waals surface area contributed by atoms with Crippen molar-refractivity contribution in [2.24, 2.45) is 0 Å². The monoisotopic (exact) mass is 455 g/mol. The van der Waals surface area contributed by atoms with E-state index < -0.39 is 13.9 Å². The van der Waals surface area contributed by atoms with Gasteiger partial charge in [0.1, 0.15) is 6.35 Å². The molecular weight excluding hydrogens is 443 g/mol. The standard InChI is InChI=1S/C9H12N4O4P.W/c1-7(17-6-18(14,15)16)3-13-5-12-8-2-10-4-11-9(8)13;/h4-5,7H,3,6H2,1H3,(H2,14,15,16);/q-1;/t7-;/m1./s1. The maximum atomic E-state index is 10.7. The second-order valence-corrected chi connectivity index (χ2v) is 5.41. The number of ether oxygens (including phenoxy) is 1. The van der Waals surface area contributed by atoms with Crippen molar-refractivity contribution in [3.8, 4) is 0 Å². The summed E-state index contributed by atoms with van der Waals surface area (Å²) in [6.45, 7) is 2.10. The van der Waals surface area contributed by atoms with E-state index in [1.165, 1.54) is 6.33 Å². The van der Waals surface area contributed by atoms with E-state index in [9.17, 15) is 4.57 Å². The molecule has 0 bridgehead atoms. The van der Waals surface area contributed by atoms with Crippen molar-refractivity contribution >= 4 is 18.8 Å². The fourth-order valence-electron chi connectivity index (χ4n) is 1.45. The normalized spacial score (nSPS) is 13.2. The van der Waals surface area contributed by atoms with Crippen LogP contribution in [-0.4, -0.2) is 41.8 Å². The molecule has 2 aromatic rings. The van der Waals surface area contributed by atoms with E-state index in [1.54, 1.807) is 17.8 Å². The Morgan fingerprint density at radius 2 is 2.26 bits per heavy atom. The smallest absolute Gasteiger partial charge is 0.350 e. The number of imidazole rings is 1. The third-order valence-electron chi connectivity index (χ3n) is 2.20. The first-order valence-electron chi connectivity index (χ1n) is 5.15. The zero-order valence-corrected chi connectivity index (χ0v) is 13.8. The zero-order valence-electron chi connectivity index (χ0n) is 10.0. The van der Waals surface area contributed by atoms with Gasteiger partial charge in [0, 0.05) is 45.1 Å². The molecule has 104 valence electrons. The Kier molecular flexibility index (Phi) is 5.77. The van der Waals surface area contributed by atoms with Crippen LogP contribution in [0.15, 0.2) is 12.7 Å². The molecule has 0 aliphatic heterocycles. The Morgan fingerprint density at radius 1 is 1.53 bits per heavy atom. The average Bonchev–Trinajstić information content (AvgIpc) is 2.70. The number of hydrogen-bond donors (Lipinski definition) is 2. The van der Waals surface area contributed by atoms with Crippen molar-refractivity contribution in [3.63, 3.8) is 0 Å². The number of aromatic nitrogens is 4. The Hall–Kier alpha value is -0.652. The Bertz CT molecular complexity index is 586. The molecule has 2 heterocycles. The average molecular weight is 455 g/mol. The minimum Gasteiger partial charge on any atom is -0.374 e. The number of nitrogens with zero attached hydrogens (tertiary/aromatic N) is 4. The zero-order chi connectivity index (χ0) is 13.2. The third-order valence-corrected chi connectivity index (χ3v) is 2.68. The van der Waals surface area contributed by atoms with Gasteiger partial charge in [0.25, 0.3) is 0 Å². The van der Waals surface area contributed by atoms with Gasteiger partial charge in [-0.25, -0.2) is 0 Å². The van der Waals surface area contributed by atoms with Gasteiger partial charge in [-0.15, -0.1) is 0 Å². The molecule has 0 amide bonds. The molecule has 0 aliphatic carbocycles. The first-order chi connectivity index (χ1) is 8.46. The molecule has 2 rings (SSSR count). The van der Waals surface area contributed by atoms with Gasteiger partial charge in [0.2, 0.25) is 0 Å². The van der Waals surface area contributed by atoms with Gasteiger partial charge in [-0.05, 0) is 13.1 Å². The van der Waals surface area contributed by atoms with Crippen LogP contribution in [0.1, 0.15) is 6.92 Å². The fraction of sp³-hybridized carbons (Fsp3) is 0.444. The van der Waals surface area contributed by atoms with E-state index >= 15 is 0 Å². The van der Waals surface area contributed by atoms with Gasteiger partial charge >= 0.3 is 7.60 Å². The second-order valence-electron chi connectivity index (χ2n) is 3.83. The van der Waals surface area contributed by atoms with Crippen LogP contribution in [0.5, 0.6) is 0 Å². The Morgan fingerprint density at radius 3 is 2.95 bits per heavy atom. The van der Waals surface area contributed by atoms with Crippen molar-refractivity contribution in [2.45, 2.75) is 19.6 Å². The first-order valence-corrected chi connectivity index (χ1v) is 6.95. The summed E-state index contributed by atoms with van der Waals surface area (Å²) >= 11 is 0. The minimum absolute atomic E-state index is 0. The van der Waals surface area contributed by atoms with Crippen LogP contribution in [0, 0.1) is 6.20 Å². The van der Waals surface area contributed by atoms with Crippen molar-refractivity contribution in [1.82, 2.24) is 19.5 Å². The SMILES string of the molecule is C[C@H](Cn1cnc2[c-]ncnc21)OCP(=O)(O)O.[W]. The molecule has 0 aliphatic rings. The van der Waals surface area contributed by atoms with Gasteiger partial charge < -0.3 is 29.1 Å². The van der Waals surface area contributed by atoms with Crippen LogP contribution in [0.25, 0.3) is 11.2 Å². The fourth-order valence-corrected chi connectivity index (χ4v) is 1.90. The largest absolute Gasteiger partial charge is 0.374 e. The summed E-state index contributed by atoms with van der Waals surface area (Å²) in [5, 5.41) is 0. The second kappa shape index (κ2) is 6.68. The molecule has 0 saturated heterocycles. The van der Waals surface area contributed by atoms with Gasteiger partial charge in [0.05, 0.1) is 12.4 Å². The van der Waals surface area contributed by atoms with Crippen molar-refractivity contribution in [3.05, 3.63) is 18.9 Å². The van der Waals surface area contributed by atoms with Gasteiger partial charge in [-0.2, -0.15) is 0 Å². The summed E-state index contributed by atoms with van der Waals surface area (Å²) in [6, 6.07) is 0. The van der Waals surface area contributed by atoms with E-state index in [1.807, 2.05) is 0 Å². The molecule has 2 N–H and O–H groups in total. The summed E-state index contributed by atoms with van der Waals surface area (Å²) in [6.07, 6.45) is 4.65. The van der Waals surface area contributed by atoms with Crippen LogP contribution < -0.4 is 0 Å². The molecular formula is C9H12N4O4PW-. The molecule has 0 radical (unpaired) electrons. The molecule has 8 nitrogen and oxygen atoms in total. The van der Waals surface area contributed by atoms with Gasteiger partial charge in [-0.3, -0.25) is 9.55 Å². The van der Waals surface area contributed by atoms with E-state index in [2.05, 4.69) is 21.1 Å². The molecule has 2 aromatic heterocycles. The molecule has 1 atom stereocenters. The summed E-state index contributed by atoms with van der Waals surface area (Å²) < 4.78 is 17.5. The van der Waals surface area contributed by atoms with Crippen molar-refractivity contribution in [1.29, 1.82) is 0 Å². The maximum Gasteiger partial charge on any atom is 0.350 e. The maximum absolute atomic E-state index is 10.7. The predicted octanol–water partition coefficient (Wildman–Crippen LogP) is 0.164. The van der Waals surface area contributed by atoms with Crippen molar-refractivity contribution < 1.29 is 40.2 Å². The molecule has 10 heteroatoms. The van der Waals surface area contributed by atoms with Gasteiger partial charge in [0.15, 0.2) is 0 Å². The van der Waals surface area contributed by atoms with Crippen LogP contribution >= 0.6 is 7.60 Å². The number of hydrogen-bond acceptors (Lipinski definition) is 5. The summed E-state index contributed by atoms with van der Waals surface area (Å²) in [5.41, 5.74) is 1.15. The summed E-state index contributed by atoms with van der Waals surface area (Å²) in [4.78, 5) is 29.2. The molecule has 0 unspecified atom stereocenters. The molecule has 0 saturated carbocycles. The topological polar surface area (TPSA) is 110 Å². The Balaban J connectivity index is 0.00000180. The number of fused-ring (bicyclic) bond motifs is 1. The van der Waals surface area contributed by atoms with E-state index in [4.69, 9.17) is 14.5 Å². The predicted molar refractivity (Wildman–Crippen MR) is 61.6 cm³/mol. The molecule has 0 fully saturated rings. The molecule has 0 spiro atoms. The summed E-state index contributed by atoms with van der Waals surface area (Å²) in [7, 11) is -4.14. The third kappa shape index (κ3) is 4.74. The molecule has 0 aromatic carbocycles. The molecule has 19 heavy (non-hydrogen) atoms. The quantitative estimate of drug-likeness (QED) is 0.489. The van der Waals surface area contributed by atoms with E-state index in [-0.39, 0.29) is 27.2 Å². The van der Waals surface area contributed by atoms with Gasteiger partial charge in [-0.1, -0.05) is 0 Å². The Labute approximate surface area is 123 Å². The van der Waals surface area contributed by atoms with E-state index in [0.717, 1.165) is 0 Å². The van der Waals surface area contributed by atoms with Crippen LogP contribution in [-0.2, 0) is 36.9 Å². The van der Waals surface area contributed by atoms with Crippen LogP contribution in [0.3, 0.4) is 0 Å². The van der Waals surface area contributed by atoms with Crippen LogP contribution in [0.2, 0.25) is 0 Å². The van der Waals surface area contributed by atoms with Crippen molar-refractivity contribution in [2.75, 3.05) is 6.35 Å². The first kappa shape index (κ1) is 16.4. The number of rotatable bonds is 5.